The molecule has 0 unspecified atom stereocenters. The number of nitrogens with one attached hydrogen (secondary N) is 1. The number of piperidine rings is 1. The first kappa shape index (κ1) is 19.9. The molecule has 162 valence electrons. The number of benzene rings is 1. The van der Waals surface area contributed by atoms with E-state index in [0.717, 1.165) is 32.4 Å². The van der Waals surface area contributed by atoms with Crippen LogP contribution in [0.25, 0.3) is 0 Å². The van der Waals surface area contributed by atoms with Crippen LogP contribution in [0.3, 0.4) is 0 Å². The molecular formula is C21H25ClFN3O4. The maximum Gasteiger partial charge on any atom is 0.320 e. The van der Waals surface area contributed by atoms with Crippen molar-refractivity contribution in [3.05, 3.63) is 29.0 Å². The third kappa shape index (κ3) is 3.71. The summed E-state index contributed by atoms with van der Waals surface area (Å²) in [4.78, 5) is 28.1. The van der Waals surface area contributed by atoms with E-state index in [2.05, 4.69) is 5.32 Å². The number of hydrogen-bond donors (Lipinski definition) is 1. The zero-order valence-corrected chi connectivity index (χ0v) is 17.4. The molecule has 7 nitrogen and oxygen atoms in total. The molecule has 4 fully saturated rings. The van der Waals surface area contributed by atoms with Crippen molar-refractivity contribution in [2.45, 2.75) is 31.4 Å². The number of fused-ring (bicyclic) bond motifs is 1. The number of carbonyl (C=O) groups is 2. The van der Waals surface area contributed by atoms with E-state index in [4.69, 9.17) is 21.1 Å². The summed E-state index contributed by atoms with van der Waals surface area (Å²) in [7, 11) is 0. The Morgan fingerprint density at radius 1 is 1.33 bits per heavy atom. The van der Waals surface area contributed by atoms with Gasteiger partial charge in [-0.2, -0.15) is 0 Å². The first-order valence-corrected chi connectivity index (χ1v) is 10.8. The van der Waals surface area contributed by atoms with Gasteiger partial charge in [0.2, 0.25) is 5.91 Å². The van der Waals surface area contributed by atoms with Gasteiger partial charge >= 0.3 is 6.03 Å². The monoisotopic (exact) mass is 437 g/mol. The highest BCUT2D eigenvalue weighted by atomic mass is 35.5. The quantitative estimate of drug-likeness (QED) is 0.787. The minimum Gasteiger partial charge on any atom is -0.492 e. The summed E-state index contributed by atoms with van der Waals surface area (Å²) in [5.74, 6) is 0.440. The average molecular weight is 438 g/mol. The topological polar surface area (TPSA) is 71.1 Å². The molecule has 30 heavy (non-hydrogen) atoms. The van der Waals surface area contributed by atoms with Crippen LogP contribution in [0.5, 0.6) is 5.75 Å². The number of nitrogens with zero attached hydrogens (tertiary/aromatic N) is 2. The van der Waals surface area contributed by atoms with Gasteiger partial charge < -0.3 is 24.6 Å². The Labute approximate surface area is 179 Å². The van der Waals surface area contributed by atoms with E-state index in [1.807, 2.05) is 9.80 Å². The van der Waals surface area contributed by atoms with Gasteiger partial charge in [0.05, 0.1) is 23.8 Å². The molecule has 9 heteroatoms. The molecule has 4 aliphatic rings. The van der Waals surface area contributed by atoms with E-state index < -0.39 is 0 Å². The van der Waals surface area contributed by atoms with Crippen molar-refractivity contribution in [3.63, 3.8) is 0 Å². The molecule has 3 heterocycles. The van der Waals surface area contributed by atoms with Crippen molar-refractivity contribution < 1.29 is 23.5 Å². The van der Waals surface area contributed by atoms with Crippen molar-refractivity contribution in [2.24, 2.45) is 11.3 Å². The van der Waals surface area contributed by atoms with Gasteiger partial charge in [0.15, 0.2) is 0 Å². The number of rotatable bonds is 3. The second-order valence-corrected chi connectivity index (χ2v) is 9.46. The fourth-order valence-corrected chi connectivity index (χ4v) is 5.53. The largest absolute Gasteiger partial charge is 0.492 e. The smallest absolute Gasteiger partial charge is 0.320 e. The van der Waals surface area contributed by atoms with Crippen LogP contribution in [0.4, 0.5) is 9.18 Å². The third-order valence-electron chi connectivity index (χ3n) is 6.73. The Bertz CT molecular complexity index is 855. The minimum absolute atomic E-state index is 0.0106. The maximum atomic E-state index is 13.1. The first-order valence-electron chi connectivity index (χ1n) is 10.4. The van der Waals surface area contributed by atoms with Crippen LogP contribution in [-0.2, 0) is 9.53 Å². The Morgan fingerprint density at radius 3 is 2.90 bits per heavy atom. The van der Waals surface area contributed by atoms with E-state index >= 15 is 0 Å². The molecule has 1 aliphatic carbocycles. The standard InChI is InChI=1S/C21H25ClFN3O4/c22-15-5-14(23)1-2-17(15)29-9-13-6-21(7-13)11-26(12-21)20(28)25-4-3-18-16(8-25)24-19(27)10-30-18/h1-2,5,13,16,18H,3-4,6-12H2,(H,24,27)/t16-,18+/m1/s1. The molecule has 1 spiro atoms. The molecule has 0 bridgehead atoms. The normalized spacial score (nSPS) is 27.7. The number of ether oxygens (including phenoxy) is 2. The van der Waals surface area contributed by atoms with Crippen molar-refractivity contribution in [3.8, 4) is 5.75 Å². The van der Waals surface area contributed by atoms with Crippen molar-refractivity contribution in [1.29, 1.82) is 0 Å². The van der Waals surface area contributed by atoms with Crippen molar-refractivity contribution in [2.75, 3.05) is 39.4 Å². The number of morpholine rings is 1. The molecule has 3 saturated heterocycles. The Balaban J connectivity index is 1.06. The zero-order chi connectivity index (χ0) is 20.9. The lowest BCUT2D eigenvalue weighted by Crippen LogP contribution is -2.68. The van der Waals surface area contributed by atoms with Gasteiger partial charge in [0.25, 0.3) is 0 Å². The fraction of sp³-hybridized carbons (Fsp3) is 0.619. The highest BCUT2D eigenvalue weighted by Crippen LogP contribution is 2.52. The van der Waals surface area contributed by atoms with Gasteiger partial charge in [-0.05, 0) is 43.4 Å². The molecule has 2 atom stereocenters. The number of urea groups is 1. The lowest BCUT2D eigenvalue weighted by Gasteiger charge is -2.59. The number of halogens is 2. The number of hydrogen-bond acceptors (Lipinski definition) is 4. The van der Waals surface area contributed by atoms with Gasteiger partial charge in [0, 0.05) is 31.6 Å². The molecule has 0 radical (unpaired) electrons. The fourth-order valence-electron chi connectivity index (χ4n) is 5.31. The van der Waals surface area contributed by atoms with Gasteiger partial charge in [-0.25, -0.2) is 9.18 Å². The molecule has 1 saturated carbocycles. The predicted octanol–water partition coefficient (Wildman–Crippen LogP) is 2.28. The second-order valence-electron chi connectivity index (χ2n) is 9.06. The molecule has 1 aromatic carbocycles. The van der Waals surface area contributed by atoms with E-state index in [1.54, 1.807) is 6.07 Å². The van der Waals surface area contributed by atoms with Crippen molar-refractivity contribution >= 4 is 23.5 Å². The Kier molecular flexibility index (Phi) is 5.01. The van der Waals surface area contributed by atoms with E-state index in [9.17, 15) is 14.0 Å². The first-order chi connectivity index (χ1) is 14.4. The van der Waals surface area contributed by atoms with Crippen LogP contribution in [0.1, 0.15) is 19.3 Å². The zero-order valence-electron chi connectivity index (χ0n) is 16.6. The summed E-state index contributed by atoms with van der Waals surface area (Å²) >= 11 is 6.00. The summed E-state index contributed by atoms with van der Waals surface area (Å²) in [6.07, 6.45) is 2.80. The maximum absolute atomic E-state index is 13.1. The van der Waals surface area contributed by atoms with Gasteiger partial charge in [-0.3, -0.25) is 4.79 Å². The van der Waals surface area contributed by atoms with Crippen LogP contribution in [0.2, 0.25) is 5.02 Å². The van der Waals surface area contributed by atoms with Crippen LogP contribution in [-0.4, -0.2) is 73.3 Å². The molecule has 1 N–H and O–H groups in total. The summed E-state index contributed by atoms with van der Waals surface area (Å²) in [5, 5.41) is 3.22. The van der Waals surface area contributed by atoms with Gasteiger partial charge in [-0.1, -0.05) is 11.6 Å². The highest BCUT2D eigenvalue weighted by molar-refractivity contribution is 6.32. The lowest BCUT2D eigenvalue weighted by molar-refractivity contribution is -0.140. The van der Waals surface area contributed by atoms with Crippen LogP contribution in [0, 0.1) is 17.2 Å². The molecule has 3 amide bonds. The number of carbonyl (C=O) groups excluding carboxylic acids is 2. The number of amides is 3. The van der Waals surface area contributed by atoms with Gasteiger partial charge in [0.1, 0.15) is 18.2 Å². The molecule has 3 aliphatic heterocycles. The van der Waals surface area contributed by atoms with Crippen LogP contribution < -0.4 is 10.1 Å². The lowest BCUT2D eigenvalue weighted by atomic mass is 9.58. The third-order valence-corrected chi connectivity index (χ3v) is 7.03. The van der Waals surface area contributed by atoms with E-state index in [1.165, 1.54) is 12.1 Å². The summed E-state index contributed by atoms with van der Waals surface area (Å²) < 4.78 is 24.4. The number of likely N-dealkylation sites (tertiary alicyclic amines) is 2. The summed E-state index contributed by atoms with van der Waals surface area (Å²) in [6, 6.07) is 4.09. The molecule has 1 aromatic rings. The molecule has 5 rings (SSSR count). The van der Waals surface area contributed by atoms with Crippen LogP contribution >= 0.6 is 11.6 Å². The summed E-state index contributed by atoms with van der Waals surface area (Å²) in [5.41, 5.74) is 0.205. The van der Waals surface area contributed by atoms with E-state index in [-0.39, 0.29) is 46.9 Å². The van der Waals surface area contributed by atoms with E-state index in [0.29, 0.717) is 31.4 Å². The molecule has 0 aromatic heterocycles. The Hall–Kier alpha value is -2.06. The average Bonchev–Trinajstić information content (AvgIpc) is 2.66. The predicted molar refractivity (Wildman–Crippen MR) is 107 cm³/mol. The molecular weight excluding hydrogens is 413 g/mol. The minimum atomic E-state index is -0.378. The Morgan fingerprint density at radius 2 is 2.13 bits per heavy atom. The van der Waals surface area contributed by atoms with Gasteiger partial charge in [-0.15, -0.1) is 0 Å². The second kappa shape index (κ2) is 7.57. The summed E-state index contributed by atoms with van der Waals surface area (Å²) in [6.45, 7) is 3.38. The van der Waals surface area contributed by atoms with Crippen molar-refractivity contribution in [1.82, 2.24) is 15.1 Å². The van der Waals surface area contributed by atoms with Crippen LogP contribution in [0.15, 0.2) is 18.2 Å². The SMILES string of the molecule is O=C1CO[C@H]2CCN(C(=O)N3CC4(CC(COc5ccc(F)cc5Cl)C4)C3)C[C@H]2N1. The highest BCUT2D eigenvalue weighted by Gasteiger charge is 2.54.